The Morgan fingerprint density at radius 2 is 2.10 bits per heavy atom. The Labute approximate surface area is 126 Å². The molecule has 5 heteroatoms. The first-order valence-corrected chi connectivity index (χ1v) is 7.46. The van der Waals surface area contributed by atoms with Gasteiger partial charge in [0.1, 0.15) is 5.69 Å². The zero-order valence-corrected chi connectivity index (χ0v) is 13.9. The Hall–Kier alpha value is -1.00. The molecular weight excluding hydrogens is 274 g/mol. The standard InChI is InChI=1S/C15H26ClN3O/c1-6-18(10-15(4,5)9-17)14(20)13-7-12(16)8-19(13)11(2)3/h7-8,11H,6,9-10,17H2,1-5H3. The van der Waals surface area contributed by atoms with E-state index in [-0.39, 0.29) is 17.4 Å². The summed E-state index contributed by atoms with van der Waals surface area (Å²) in [5.41, 5.74) is 6.31. The maximum Gasteiger partial charge on any atom is 0.270 e. The quantitative estimate of drug-likeness (QED) is 0.877. The number of aromatic nitrogens is 1. The van der Waals surface area contributed by atoms with Crippen molar-refractivity contribution in [1.82, 2.24) is 9.47 Å². The van der Waals surface area contributed by atoms with Crippen LogP contribution in [-0.4, -0.2) is 35.0 Å². The summed E-state index contributed by atoms with van der Waals surface area (Å²) in [6.45, 7) is 12.0. The molecule has 114 valence electrons. The molecule has 0 bridgehead atoms. The van der Waals surface area contributed by atoms with Gasteiger partial charge in [-0.2, -0.15) is 0 Å². The Bertz CT molecular complexity index is 466. The molecule has 4 nitrogen and oxygen atoms in total. The summed E-state index contributed by atoms with van der Waals surface area (Å²) in [5, 5.41) is 0.594. The van der Waals surface area contributed by atoms with Gasteiger partial charge in [-0.15, -0.1) is 0 Å². The van der Waals surface area contributed by atoms with Gasteiger partial charge in [-0.25, -0.2) is 0 Å². The second-order valence-electron chi connectivity index (χ2n) is 6.23. The average molecular weight is 300 g/mol. The topological polar surface area (TPSA) is 51.3 Å². The third-order valence-electron chi connectivity index (χ3n) is 3.43. The number of hydrogen-bond donors (Lipinski definition) is 1. The molecule has 1 aromatic rings. The van der Waals surface area contributed by atoms with E-state index in [4.69, 9.17) is 17.3 Å². The number of nitrogens with two attached hydrogens (primary N) is 1. The third-order valence-corrected chi connectivity index (χ3v) is 3.64. The highest BCUT2D eigenvalue weighted by atomic mass is 35.5. The fraction of sp³-hybridized carbons (Fsp3) is 0.667. The second kappa shape index (κ2) is 6.64. The van der Waals surface area contributed by atoms with E-state index < -0.39 is 0 Å². The molecule has 0 aliphatic carbocycles. The van der Waals surface area contributed by atoms with Gasteiger partial charge in [-0.1, -0.05) is 25.4 Å². The van der Waals surface area contributed by atoms with E-state index >= 15 is 0 Å². The van der Waals surface area contributed by atoms with E-state index in [0.29, 0.717) is 30.4 Å². The van der Waals surface area contributed by atoms with Gasteiger partial charge in [0, 0.05) is 25.3 Å². The molecule has 0 spiro atoms. The van der Waals surface area contributed by atoms with Crippen LogP contribution in [0, 0.1) is 5.41 Å². The largest absolute Gasteiger partial charge is 0.339 e. The van der Waals surface area contributed by atoms with E-state index in [0.717, 1.165) is 0 Å². The summed E-state index contributed by atoms with van der Waals surface area (Å²) in [6.07, 6.45) is 1.81. The van der Waals surface area contributed by atoms with Crippen LogP contribution in [0.1, 0.15) is 51.1 Å². The lowest BCUT2D eigenvalue weighted by Gasteiger charge is -2.31. The highest BCUT2D eigenvalue weighted by Gasteiger charge is 2.26. The molecule has 0 aliphatic rings. The van der Waals surface area contributed by atoms with E-state index in [1.54, 1.807) is 12.3 Å². The van der Waals surface area contributed by atoms with Crippen molar-refractivity contribution in [2.75, 3.05) is 19.6 Å². The summed E-state index contributed by atoms with van der Waals surface area (Å²) in [7, 11) is 0. The SMILES string of the molecule is CCN(CC(C)(C)CN)C(=O)c1cc(Cl)cn1C(C)C. The molecule has 0 aromatic carbocycles. The van der Waals surface area contributed by atoms with Gasteiger partial charge in [-0.3, -0.25) is 4.79 Å². The number of hydrogen-bond acceptors (Lipinski definition) is 2. The molecule has 1 rings (SSSR count). The minimum atomic E-state index is -0.0925. The monoisotopic (exact) mass is 299 g/mol. The summed E-state index contributed by atoms with van der Waals surface area (Å²) in [5.74, 6) is 0.00891. The van der Waals surface area contributed by atoms with Crippen LogP contribution in [0.15, 0.2) is 12.3 Å². The number of carbonyl (C=O) groups excluding carboxylic acids is 1. The van der Waals surface area contributed by atoms with Gasteiger partial charge < -0.3 is 15.2 Å². The Balaban J connectivity index is 3.03. The number of amides is 1. The third kappa shape index (κ3) is 4.00. The number of carbonyl (C=O) groups is 1. The van der Waals surface area contributed by atoms with Crippen LogP contribution < -0.4 is 5.73 Å². The predicted molar refractivity (Wildman–Crippen MR) is 84.2 cm³/mol. The molecule has 2 N–H and O–H groups in total. The first-order valence-electron chi connectivity index (χ1n) is 7.08. The van der Waals surface area contributed by atoms with Crippen LogP contribution >= 0.6 is 11.6 Å². The van der Waals surface area contributed by atoms with Crippen molar-refractivity contribution < 1.29 is 4.79 Å². The Kier molecular flexibility index (Phi) is 5.66. The highest BCUT2D eigenvalue weighted by molar-refractivity contribution is 6.31. The lowest BCUT2D eigenvalue weighted by Crippen LogP contribution is -2.42. The summed E-state index contributed by atoms with van der Waals surface area (Å²) in [6, 6.07) is 1.94. The van der Waals surface area contributed by atoms with Gasteiger partial charge in [0.15, 0.2) is 0 Å². The van der Waals surface area contributed by atoms with Crippen LogP contribution in [0.2, 0.25) is 5.02 Å². The van der Waals surface area contributed by atoms with E-state index in [1.165, 1.54) is 0 Å². The van der Waals surface area contributed by atoms with Gasteiger partial charge in [0.05, 0.1) is 5.02 Å². The molecule has 0 aliphatic heterocycles. The fourth-order valence-corrected chi connectivity index (χ4v) is 2.32. The average Bonchev–Trinajstić information content (AvgIpc) is 2.77. The summed E-state index contributed by atoms with van der Waals surface area (Å²) in [4.78, 5) is 14.5. The van der Waals surface area contributed by atoms with Crippen LogP contribution in [0.5, 0.6) is 0 Å². The number of nitrogens with zero attached hydrogens (tertiary/aromatic N) is 2. The maximum atomic E-state index is 12.7. The van der Waals surface area contributed by atoms with E-state index in [2.05, 4.69) is 13.8 Å². The molecule has 0 radical (unpaired) electrons. The zero-order chi connectivity index (χ0) is 15.5. The van der Waals surface area contributed by atoms with Gasteiger partial charge in [0.25, 0.3) is 5.91 Å². The van der Waals surface area contributed by atoms with Crippen molar-refractivity contribution in [1.29, 1.82) is 0 Å². The number of halogens is 1. The van der Waals surface area contributed by atoms with Gasteiger partial charge in [0.2, 0.25) is 0 Å². The second-order valence-corrected chi connectivity index (χ2v) is 6.67. The molecular formula is C15H26ClN3O. The molecule has 1 amide bonds. The molecule has 0 saturated heterocycles. The van der Waals surface area contributed by atoms with Gasteiger partial charge in [-0.05, 0) is 38.8 Å². The lowest BCUT2D eigenvalue weighted by molar-refractivity contribution is 0.0688. The smallest absolute Gasteiger partial charge is 0.270 e. The minimum Gasteiger partial charge on any atom is -0.339 e. The van der Waals surface area contributed by atoms with Crippen LogP contribution in [0.4, 0.5) is 0 Å². The van der Waals surface area contributed by atoms with Crippen molar-refractivity contribution in [3.63, 3.8) is 0 Å². The zero-order valence-electron chi connectivity index (χ0n) is 13.1. The Morgan fingerprint density at radius 1 is 1.50 bits per heavy atom. The predicted octanol–water partition coefficient (Wildman–Crippen LogP) is 3.17. The van der Waals surface area contributed by atoms with Crippen LogP contribution in [0.25, 0.3) is 0 Å². The molecule has 0 unspecified atom stereocenters. The molecule has 0 saturated carbocycles. The van der Waals surface area contributed by atoms with Crippen molar-refractivity contribution >= 4 is 17.5 Å². The summed E-state index contributed by atoms with van der Waals surface area (Å²) >= 11 is 6.05. The molecule has 0 atom stereocenters. The first-order chi connectivity index (χ1) is 9.21. The maximum absolute atomic E-state index is 12.7. The molecule has 1 aromatic heterocycles. The van der Waals surface area contributed by atoms with Crippen molar-refractivity contribution in [3.05, 3.63) is 23.0 Å². The van der Waals surface area contributed by atoms with E-state index in [1.807, 2.05) is 30.2 Å². The highest BCUT2D eigenvalue weighted by Crippen LogP contribution is 2.22. The summed E-state index contributed by atoms with van der Waals surface area (Å²) < 4.78 is 1.92. The van der Waals surface area contributed by atoms with Crippen molar-refractivity contribution in [2.24, 2.45) is 11.1 Å². The first kappa shape index (κ1) is 17.1. The molecule has 0 fully saturated rings. The normalized spacial score (nSPS) is 12.0. The lowest BCUT2D eigenvalue weighted by atomic mass is 9.93. The van der Waals surface area contributed by atoms with Crippen LogP contribution in [0.3, 0.4) is 0 Å². The van der Waals surface area contributed by atoms with Gasteiger partial charge >= 0.3 is 0 Å². The molecule has 20 heavy (non-hydrogen) atoms. The van der Waals surface area contributed by atoms with Crippen molar-refractivity contribution in [3.8, 4) is 0 Å². The van der Waals surface area contributed by atoms with Crippen LogP contribution in [-0.2, 0) is 0 Å². The number of rotatable bonds is 6. The Morgan fingerprint density at radius 3 is 2.55 bits per heavy atom. The van der Waals surface area contributed by atoms with Crippen molar-refractivity contribution in [2.45, 2.75) is 40.7 Å². The van der Waals surface area contributed by atoms with E-state index in [9.17, 15) is 4.79 Å². The molecule has 1 heterocycles. The minimum absolute atomic E-state index is 0.00891. The fourth-order valence-electron chi connectivity index (χ4n) is 2.11.